The van der Waals surface area contributed by atoms with E-state index in [4.69, 9.17) is 9.47 Å². The van der Waals surface area contributed by atoms with E-state index in [9.17, 15) is 0 Å². The topological polar surface area (TPSA) is 30.5 Å². The van der Waals surface area contributed by atoms with Crippen molar-refractivity contribution < 1.29 is 9.47 Å². The molecule has 110 valence electrons. The van der Waals surface area contributed by atoms with Crippen LogP contribution in [0.1, 0.15) is 43.6 Å². The summed E-state index contributed by atoms with van der Waals surface area (Å²) in [4.78, 5) is 0. The lowest BCUT2D eigenvalue weighted by Crippen LogP contribution is -2.42. The molecule has 3 nitrogen and oxygen atoms in total. The second-order valence-corrected chi connectivity index (χ2v) is 5.92. The quantitative estimate of drug-likeness (QED) is 0.916. The number of rotatable bonds is 4. The number of para-hydroxylation sites is 1. The molecule has 3 heteroatoms. The van der Waals surface area contributed by atoms with Crippen LogP contribution in [0, 0.1) is 0 Å². The number of likely N-dealkylation sites (N-methyl/N-ethyl adjacent to an activating group) is 1. The lowest BCUT2D eigenvalue weighted by molar-refractivity contribution is -0.00432. The van der Waals surface area contributed by atoms with E-state index in [2.05, 4.69) is 30.6 Å². The molecule has 2 aliphatic rings. The van der Waals surface area contributed by atoms with Gasteiger partial charge in [-0.1, -0.05) is 31.0 Å². The summed E-state index contributed by atoms with van der Waals surface area (Å²) in [5.74, 6) is 1.53. The van der Waals surface area contributed by atoms with E-state index in [1.54, 1.807) is 0 Å². The maximum atomic E-state index is 6.26. The Morgan fingerprint density at radius 2 is 2.05 bits per heavy atom. The first-order chi connectivity index (χ1) is 9.88. The smallest absolute Gasteiger partial charge is 0.122 e. The minimum absolute atomic E-state index is 0.378. The number of hydrogen-bond donors (Lipinski definition) is 1. The highest BCUT2D eigenvalue weighted by Crippen LogP contribution is 2.34. The van der Waals surface area contributed by atoms with Crippen molar-refractivity contribution in [2.45, 2.75) is 50.2 Å². The molecule has 3 atom stereocenters. The van der Waals surface area contributed by atoms with E-state index in [-0.39, 0.29) is 0 Å². The summed E-state index contributed by atoms with van der Waals surface area (Å²) in [5.41, 5.74) is 1.32. The molecule has 3 rings (SSSR count). The minimum atomic E-state index is 0.378. The summed E-state index contributed by atoms with van der Waals surface area (Å²) in [6.07, 6.45) is 6.50. The predicted molar refractivity (Wildman–Crippen MR) is 80.4 cm³/mol. The molecule has 0 spiro atoms. The van der Waals surface area contributed by atoms with Crippen LogP contribution in [0.25, 0.3) is 0 Å². The third-order valence-corrected chi connectivity index (χ3v) is 4.67. The van der Waals surface area contributed by atoms with Gasteiger partial charge in [-0.05, 0) is 37.9 Å². The number of nitrogens with one attached hydrogen (secondary N) is 1. The van der Waals surface area contributed by atoms with Gasteiger partial charge in [-0.15, -0.1) is 0 Å². The van der Waals surface area contributed by atoms with E-state index in [1.807, 2.05) is 6.07 Å². The van der Waals surface area contributed by atoms with Crippen molar-refractivity contribution in [3.8, 4) is 5.75 Å². The van der Waals surface area contributed by atoms with Crippen molar-refractivity contribution in [2.24, 2.45) is 0 Å². The molecule has 1 heterocycles. The number of benzene rings is 1. The van der Waals surface area contributed by atoms with Crippen LogP contribution in [-0.2, 0) is 4.74 Å². The van der Waals surface area contributed by atoms with Crippen LogP contribution < -0.4 is 10.1 Å². The van der Waals surface area contributed by atoms with Gasteiger partial charge in [-0.3, -0.25) is 0 Å². The van der Waals surface area contributed by atoms with Crippen molar-refractivity contribution in [3.63, 3.8) is 0 Å². The largest absolute Gasteiger partial charge is 0.493 e. The van der Waals surface area contributed by atoms with Gasteiger partial charge in [0.1, 0.15) is 5.75 Å². The van der Waals surface area contributed by atoms with E-state index in [0.29, 0.717) is 18.1 Å². The lowest BCUT2D eigenvalue weighted by Gasteiger charge is -2.33. The Hall–Kier alpha value is -1.06. The molecular weight excluding hydrogens is 250 g/mol. The Balaban J connectivity index is 1.61. The molecule has 0 amide bonds. The number of ether oxygens (including phenoxy) is 2. The molecular formula is C17H25NO2. The van der Waals surface area contributed by atoms with E-state index >= 15 is 0 Å². The summed E-state index contributed by atoms with van der Waals surface area (Å²) in [6, 6.07) is 8.91. The third-order valence-electron chi connectivity index (χ3n) is 4.67. The molecule has 1 aliphatic carbocycles. The van der Waals surface area contributed by atoms with Gasteiger partial charge in [0.15, 0.2) is 0 Å². The molecule has 1 saturated carbocycles. The van der Waals surface area contributed by atoms with Gasteiger partial charge in [0, 0.05) is 12.0 Å². The molecule has 0 bridgehead atoms. The summed E-state index contributed by atoms with van der Waals surface area (Å²) >= 11 is 0. The highest BCUT2D eigenvalue weighted by Gasteiger charge is 2.27. The fraction of sp³-hybridized carbons (Fsp3) is 0.647. The van der Waals surface area contributed by atoms with Crippen LogP contribution in [0.5, 0.6) is 5.75 Å². The van der Waals surface area contributed by atoms with Crippen molar-refractivity contribution >= 4 is 0 Å². The summed E-state index contributed by atoms with van der Waals surface area (Å²) < 4.78 is 12.0. The van der Waals surface area contributed by atoms with Crippen LogP contribution in [0.3, 0.4) is 0 Å². The first-order valence-corrected chi connectivity index (χ1v) is 7.89. The molecule has 1 aromatic carbocycles. The summed E-state index contributed by atoms with van der Waals surface area (Å²) in [7, 11) is 2.05. The van der Waals surface area contributed by atoms with Gasteiger partial charge in [0.25, 0.3) is 0 Å². The Bertz CT molecular complexity index is 435. The Morgan fingerprint density at radius 3 is 2.95 bits per heavy atom. The second kappa shape index (κ2) is 6.59. The fourth-order valence-corrected chi connectivity index (χ4v) is 3.46. The normalized spacial score (nSPS) is 29.6. The van der Waals surface area contributed by atoms with Crippen LogP contribution >= 0.6 is 0 Å². The third kappa shape index (κ3) is 2.99. The van der Waals surface area contributed by atoms with Crippen molar-refractivity contribution in [1.82, 2.24) is 5.32 Å². The first-order valence-electron chi connectivity index (χ1n) is 7.89. The zero-order chi connectivity index (χ0) is 13.8. The van der Waals surface area contributed by atoms with Crippen molar-refractivity contribution in [1.29, 1.82) is 0 Å². The average Bonchev–Trinajstić information content (AvgIpc) is 2.53. The van der Waals surface area contributed by atoms with Crippen LogP contribution in [0.2, 0.25) is 0 Å². The fourth-order valence-electron chi connectivity index (χ4n) is 3.46. The molecule has 1 N–H and O–H groups in total. The minimum Gasteiger partial charge on any atom is -0.493 e. The zero-order valence-electron chi connectivity index (χ0n) is 12.3. The van der Waals surface area contributed by atoms with Crippen LogP contribution in [0.15, 0.2) is 24.3 Å². The molecule has 0 aromatic heterocycles. The van der Waals surface area contributed by atoms with Gasteiger partial charge in [-0.2, -0.15) is 0 Å². The standard InChI is InChI=1S/C17H25NO2/c1-18-15-7-3-5-9-17(15)20-12-13-10-11-19-16-8-4-2-6-14(13)16/h2,4,6,8,13,15,17-18H,3,5,7,9-12H2,1H3. The molecule has 20 heavy (non-hydrogen) atoms. The van der Waals surface area contributed by atoms with Crippen molar-refractivity contribution in [3.05, 3.63) is 29.8 Å². The van der Waals surface area contributed by atoms with Gasteiger partial charge in [0.05, 0.1) is 19.3 Å². The monoisotopic (exact) mass is 275 g/mol. The van der Waals surface area contributed by atoms with Gasteiger partial charge >= 0.3 is 0 Å². The van der Waals surface area contributed by atoms with E-state index in [1.165, 1.54) is 31.2 Å². The van der Waals surface area contributed by atoms with Crippen LogP contribution in [-0.4, -0.2) is 32.4 Å². The predicted octanol–water partition coefficient (Wildman–Crippen LogP) is 3.10. The maximum Gasteiger partial charge on any atom is 0.122 e. The highest BCUT2D eigenvalue weighted by molar-refractivity contribution is 5.37. The Kier molecular flexibility index (Phi) is 4.58. The van der Waals surface area contributed by atoms with Crippen LogP contribution in [0.4, 0.5) is 0 Å². The Labute approximate surface area is 121 Å². The van der Waals surface area contributed by atoms with Gasteiger partial charge < -0.3 is 14.8 Å². The van der Waals surface area contributed by atoms with Gasteiger partial charge in [0.2, 0.25) is 0 Å². The first kappa shape index (κ1) is 13.9. The molecule has 0 saturated heterocycles. The second-order valence-electron chi connectivity index (χ2n) is 5.92. The SMILES string of the molecule is CNC1CCCCC1OCC1CCOc2ccccc21. The maximum absolute atomic E-state index is 6.26. The number of hydrogen-bond acceptors (Lipinski definition) is 3. The number of fused-ring (bicyclic) bond motifs is 1. The molecule has 0 radical (unpaired) electrons. The molecule has 1 fully saturated rings. The average molecular weight is 275 g/mol. The van der Waals surface area contributed by atoms with Gasteiger partial charge in [-0.25, -0.2) is 0 Å². The van der Waals surface area contributed by atoms with E-state index in [0.717, 1.165) is 25.4 Å². The molecule has 1 aliphatic heterocycles. The Morgan fingerprint density at radius 1 is 1.20 bits per heavy atom. The van der Waals surface area contributed by atoms with E-state index < -0.39 is 0 Å². The zero-order valence-corrected chi connectivity index (χ0v) is 12.3. The summed E-state index contributed by atoms with van der Waals surface area (Å²) in [6.45, 7) is 1.63. The summed E-state index contributed by atoms with van der Waals surface area (Å²) in [5, 5.41) is 3.41. The lowest BCUT2D eigenvalue weighted by atomic mass is 9.91. The molecule has 1 aromatic rings. The highest BCUT2D eigenvalue weighted by atomic mass is 16.5. The molecule has 3 unspecified atom stereocenters. The van der Waals surface area contributed by atoms with Crippen molar-refractivity contribution in [2.75, 3.05) is 20.3 Å².